The minimum absolute atomic E-state index is 0.0365. The third kappa shape index (κ3) is 4.41. The highest BCUT2D eigenvalue weighted by Crippen LogP contribution is 2.28. The summed E-state index contributed by atoms with van der Waals surface area (Å²) < 4.78 is 6.01. The number of non-ortho nitro benzene ring substituents is 1. The van der Waals surface area contributed by atoms with Crippen molar-refractivity contribution in [2.24, 2.45) is 0 Å². The standard InChI is InChI=1S/C15H12IN3O5/c1-24-13-7-6-11(19(22)23)8-12(13)18-15(21)14(20)17-10-4-2-9(16)3-5-10/h2-8H,1H3,(H,17,20)(H,18,21). The van der Waals surface area contributed by atoms with Crippen LogP contribution < -0.4 is 15.4 Å². The Morgan fingerprint density at radius 1 is 1.08 bits per heavy atom. The molecule has 9 heteroatoms. The van der Waals surface area contributed by atoms with E-state index >= 15 is 0 Å². The highest BCUT2D eigenvalue weighted by molar-refractivity contribution is 14.1. The highest BCUT2D eigenvalue weighted by atomic mass is 127. The fourth-order valence-electron chi connectivity index (χ4n) is 1.81. The molecule has 2 rings (SSSR count). The van der Waals surface area contributed by atoms with Crippen molar-refractivity contribution >= 4 is 51.5 Å². The Morgan fingerprint density at radius 2 is 1.71 bits per heavy atom. The van der Waals surface area contributed by atoms with E-state index in [2.05, 4.69) is 33.2 Å². The SMILES string of the molecule is COc1ccc([N+](=O)[O-])cc1NC(=O)C(=O)Nc1ccc(I)cc1. The van der Waals surface area contributed by atoms with Gasteiger partial charge in [0.2, 0.25) is 0 Å². The zero-order chi connectivity index (χ0) is 17.7. The minimum Gasteiger partial charge on any atom is -0.495 e. The van der Waals surface area contributed by atoms with E-state index in [9.17, 15) is 19.7 Å². The van der Waals surface area contributed by atoms with E-state index in [0.717, 1.165) is 9.64 Å². The molecule has 0 saturated carbocycles. The summed E-state index contributed by atoms with van der Waals surface area (Å²) in [7, 11) is 1.35. The lowest BCUT2D eigenvalue weighted by Crippen LogP contribution is -2.29. The summed E-state index contributed by atoms with van der Waals surface area (Å²) in [6, 6.07) is 10.6. The van der Waals surface area contributed by atoms with Gasteiger partial charge in [0.15, 0.2) is 0 Å². The summed E-state index contributed by atoms with van der Waals surface area (Å²) in [5, 5.41) is 15.6. The van der Waals surface area contributed by atoms with Gasteiger partial charge in [-0.2, -0.15) is 0 Å². The molecule has 0 radical (unpaired) electrons. The second-order valence-corrected chi connectivity index (χ2v) is 5.80. The average Bonchev–Trinajstić information content (AvgIpc) is 2.56. The fraction of sp³-hybridized carbons (Fsp3) is 0.0667. The zero-order valence-corrected chi connectivity index (χ0v) is 14.6. The van der Waals surface area contributed by atoms with E-state index < -0.39 is 16.7 Å². The third-order valence-corrected chi connectivity index (χ3v) is 3.67. The predicted molar refractivity (Wildman–Crippen MR) is 96.1 cm³/mol. The number of benzene rings is 2. The van der Waals surface area contributed by atoms with Gasteiger partial charge in [0.1, 0.15) is 5.75 Å². The normalized spacial score (nSPS) is 9.92. The van der Waals surface area contributed by atoms with Gasteiger partial charge in [-0.15, -0.1) is 0 Å². The van der Waals surface area contributed by atoms with Crippen LogP contribution in [-0.4, -0.2) is 23.8 Å². The maximum atomic E-state index is 12.0. The molecule has 0 aliphatic rings. The van der Waals surface area contributed by atoms with E-state index in [4.69, 9.17) is 4.74 Å². The number of anilines is 2. The van der Waals surface area contributed by atoms with Crippen molar-refractivity contribution in [1.82, 2.24) is 0 Å². The van der Waals surface area contributed by atoms with Crippen molar-refractivity contribution < 1.29 is 19.2 Å². The summed E-state index contributed by atoms with van der Waals surface area (Å²) in [4.78, 5) is 34.1. The molecule has 0 aromatic heterocycles. The number of nitrogens with one attached hydrogen (secondary N) is 2. The molecule has 0 heterocycles. The molecule has 0 atom stereocenters. The van der Waals surface area contributed by atoms with Crippen molar-refractivity contribution in [2.45, 2.75) is 0 Å². The van der Waals surface area contributed by atoms with Crippen LogP contribution in [0.2, 0.25) is 0 Å². The lowest BCUT2D eigenvalue weighted by Gasteiger charge is -2.10. The Balaban J connectivity index is 2.13. The van der Waals surface area contributed by atoms with Crippen LogP contribution in [0.3, 0.4) is 0 Å². The predicted octanol–water partition coefficient (Wildman–Crippen LogP) is 2.79. The molecule has 0 aliphatic carbocycles. The minimum atomic E-state index is -0.965. The molecular formula is C15H12IN3O5. The third-order valence-electron chi connectivity index (χ3n) is 2.95. The van der Waals surface area contributed by atoms with Gasteiger partial charge in [-0.3, -0.25) is 19.7 Å². The smallest absolute Gasteiger partial charge is 0.314 e. The first-order valence-electron chi connectivity index (χ1n) is 6.61. The molecule has 2 aromatic carbocycles. The summed E-state index contributed by atoms with van der Waals surface area (Å²) >= 11 is 2.11. The van der Waals surface area contributed by atoms with Gasteiger partial charge >= 0.3 is 11.8 Å². The maximum Gasteiger partial charge on any atom is 0.314 e. The molecule has 124 valence electrons. The van der Waals surface area contributed by atoms with Gasteiger partial charge in [-0.1, -0.05) is 0 Å². The summed E-state index contributed by atoms with van der Waals surface area (Å²) in [5.41, 5.74) is 0.264. The molecule has 0 spiro atoms. The average molecular weight is 441 g/mol. The molecule has 2 N–H and O–H groups in total. The first-order valence-corrected chi connectivity index (χ1v) is 7.69. The van der Waals surface area contributed by atoms with Crippen molar-refractivity contribution in [3.05, 3.63) is 56.1 Å². The fourth-order valence-corrected chi connectivity index (χ4v) is 2.17. The topological polar surface area (TPSA) is 111 Å². The monoisotopic (exact) mass is 441 g/mol. The Morgan fingerprint density at radius 3 is 2.29 bits per heavy atom. The number of halogens is 1. The van der Waals surface area contributed by atoms with Gasteiger partial charge in [0, 0.05) is 21.4 Å². The number of nitro benzene ring substituents is 1. The Hall–Kier alpha value is -2.69. The molecule has 2 amide bonds. The maximum absolute atomic E-state index is 12.0. The van der Waals surface area contributed by atoms with Crippen molar-refractivity contribution in [3.8, 4) is 5.75 Å². The highest BCUT2D eigenvalue weighted by Gasteiger charge is 2.18. The van der Waals surface area contributed by atoms with Gasteiger partial charge in [0.05, 0.1) is 17.7 Å². The van der Waals surface area contributed by atoms with E-state index in [1.807, 2.05) is 0 Å². The van der Waals surface area contributed by atoms with E-state index in [0.29, 0.717) is 5.69 Å². The summed E-state index contributed by atoms with van der Waals surface area (Å²) in [5.74, 6) is -1.66. The number of nitrogens with zero attached hydrogens (tertiary/aromatic N) is 1. The van der Waals surface area contributed by atoms with Crippen LogP contribution >= 0.6 is 22.6 Å². The number of carbonyl (C=O) groups is 2. The van der Waals surface area contributed by atoms with Crippen LogP contribution in [0.5, 0.6) is 5.75 Å². The Kier molecular flexibility index (Phi) is 5.68. The van der Waals surface area contributed by atoms with Gasteiger partial charge < -0.3 is 15.4 Å². The number of carbonyl (C=O) groups excluding carboxylic acids is 2. The van der Waals surface area contributed by atoms with Crippen molar-refractivity contribution in [2.75, 3.05) is 17.7 Å². The van der Waals surface area contributed by atoms with Gasteiger partial charge in [-0.05, 0) is 52.9 Å². The largest absolute Gasteiger partial charge is 0.495 e. The number of ether oxygens (including phenoxy) is 1. The van der Waals surface area contributed by atoms with Gasteiger partial charge in [-0.25, -0.2) is 0 Å². The molecule has 0 saturated heterocycles. The first-order chi connectivity index (χ1) is 11.4. The first kappa shape index (κ1) is 17.7. The Labute approximate surface area is 150 Å². The number of hydrogen-bond acceptors (Lipinski definition) is 5. The van der Waals surface area contributed by atoms with Crippen LogP contribution in [0.4, 0.5) is 17.1 Å². The summed E-state index contributed by atoms with van der Waals surface area (Å²) in [6.07, 6.45) is 0. The van der Waals surface area contributed by atoms with Crippen LogP contribution in [0.1, 0.15) is 0 Å². The van der Waals surface area contributed by atoms with Gasteiger partial charge in [0.25, 0.3) is 5.69 Å². The zero-order valence-electron chi connectivity index (χ0n) is 12.4. The summed E-state index contributed by atoms with van der Waals surface area (Å²) in [6.45, 7) is 0. The lowest BCUT2D eigenvalue weighted by molar-refractivity contribution is -0.384. The quantitative estimate of drug-likeness (QED) is 0.328. The number of rotatable bonds is 4. The van der Waals surface area contributed by atoms with Crippen LogP contribution in [-0.2, 0) is 9.59 Å². The number of amides is 2. The van der Waals surface area contributed by atoms with Crippen LogP contribution in [0, 0.1) is 13.7 Å². The Bertz CT molecular complexity index is 792. The number of nitro groups is 1. The number of methoxy groups -OCH3 is 1. The molecular weight excluding hydrogens is 429 g/mol. The van der Waals surface area contributed by atoms with E-state index in [1.165, 1.54) is 19.2 Å². The molecule has 0 aliphatic heterocycles. The molecule has 0 bridgehead atoms. The molecule has 0 unspecified atom stereocenters. The molecule has 8 nitrogen and oxygen atoms in total. The van der Waals surface area contributed by atoms with Crippen LogP contribution in [0.25, 0.3) is 0 Å². The van der Waals surface area contributed by atoms with E-state index in [-0.39, 0.29) is 17.1 Å². The second kappa shape index (κ2) is 7.73. The molecule has 24 heavy (non-hydrogen) atoms. The molecule has 2 aromatic rings. The molecule has 0 fully saturated rings. The van der Waals surface area contributed by atoms with Crippen molar-refractivity contribution in [1.29, 1.82) is 0 Å². The second-order valence-electron chi connectivity index (χ2n) is 4.56. The number of hydrogen-bond donors (Lipinski definition) is 2. The van der Waals surface area contributed by atoms with Crippen LogP contribution in [0.15, 0.2) is 42.5 Å². The van der Waals surface area contributed by atoms with E-state index in [1.54, 1.807) is 24.3 Å². The van der Waals surface area contributed by atoms with Crippen molar-refractivity contribution in [3.63, 3.8) is 0 Å². The lowest BCUT2D eigenvalue weighted by atomic mass is 10.2.